The molecule has 0 aromatic rings. The second-order valence-electron chi connectivity index (χ2n) is 12.0. The minimum Gasteiger partial charge on any atom is -0.0654 e. The van der Waals surface area contributed by atoms with E-state index in [1.54, 1.807) is 0 Å². The Balaban J connectivity index is 5.15. The standard InChI is InChI=1S/C32H66/c1-8-12-15-17-18-20-23-28-31(6,27-22-19-16-13-9-2)32(7,26-21-14-10-3)29-25-30(5)24-11-4/h30H,8-29H2,1-7H3. The van der Waals surface area contributed by atoms with Gasteiger partial charge in [-0.05, 0) is 42.4 Å². The van der Waals surface area contributed by atoms with Crippen LogP contribution < -0.4 is 0 Å². The first-order valence-corrected chi connectivity index (χ1v) is 15.4. The number of hydrogen-bond donors (Lipinski definition) is 0. The van der Waals surface area contributed by atoms with Crippen LogP contribution >= 0.6 is 0 Å². The minimum atomic E-state index is 0.525. The molecule has 0 heterocycles. The summed E-state index contributed by atoms with van der Waals surface area (Å²) in [6.45, 7) is 17.3. The van der Waals surface area contributed by atoms with Gasteiger partial charge in [-0.2, -0.15) is 0 Å². The van der Waals surface area contributed by atoms with Crippen molar-refractivity contribution in [3.8, 4) is 0 Å². The largest absolute Gasteiger partial charge is 0.0654 e. The molecule has 0 nitrogen and oxygen atoms in total. The van der Waals surface area contributed by atoms with Crippen LogP contribution in [0.5, 0.6) is 0 Å². The van der Waals surface area contributed by atoms with Gasteiger partial charge in [-0.3, -0.25) is 0 Å². The highest BCUT2D eigenvalue weighted by atomic mass is 14.5. The van der Waals surface area contributed by atoms with Crippen LogP contribution in [0.15, 0.2) is 0 Å². The molecule has 0 aromatic carbocycles. The molecular weight excluding hydrogens is 384 g/mol. The molecule has 0 bridgehead atoms. The Hall–Kier alpha value is 0. The Labute approximate surface area is 206 Å². The summed E-state index contributed by atoms with van der Waals surface area (Å²) in [5, 5.41) is 0. The number of hydrogen-bond acceptors (Lipinski definition) is 0. The summed E-state index contributed by atoms with van der Waals surface area (Å²) < 4.78 is 0. The van der Waals surface area contributed by atoms with Gasteiger partial charge in [0.05, 0.1) is 0 Å². The van der Waals surface area contributed by atoms with E-state index in [1.807, 2.05) is 0 Å². The average molecular weight is 451 g/mol. The number of unbranched alkanes of at least 4 members (excludes halogenated alkanes) is 12. The summed E-state index contributed by atoms with van der Waals surface area (Å²) in [6, 6.07) is 0. The lowest BCUT2D eigenvalue weighted by molar-refractivity contribution is 0.0179. The van der Waals surface area contributed by atoms with Crippen molar-refractivity contribution in [2.24, 2.45) is 16.7 Å². The van der Waals surface area contributed by atoms with Gasteiger partial charge in [-0.15, -0.1) is 0 Å². The van der Waals surface area contributed by atoms with E-state index in [9.17, 15) is 0 Å². The normalized spacial score (nSPS) is 16.6. The maximum Gasteiger partial charge on any atom is -0.0272 e. The van der Waals surface area contributed by atoms with Crippen LogP contribution in [0.3, 0.4) is 0 Å². The van der Waals surface area contributed by atoms with Gasteiger partial charge in [0.1, 0.15) is 0 Å². The van der Waals surface area contributed by atoms with Crippen LogP contribution in [0, 0.1) is 16.7 Å². The zero-order chi connectivity index (χ0) is 24.1. The molecule has 32 heavy (non-hydrogen) atoms. The molecule has 3 atom stereocenters. The third kappa shape index (κ3) is 14.3. The highest BCUT2D eigenvalue weighted by Gasteiger charge is 2.42. The van der Waals surface area contributed by atoms with Crippen LogP contribution in [-0.2, 0) is 0 Å². The maximum absolute atomic E-state index is 2.72. The van der Waals surface area contributed by atoms with E-state index in [4.69, 9.17) is 0 Å². The van der Waals surface area contributed by atoms with Gasteiger partial charge in [0, 0.05) is 0 Å². The molecule has 0 aliphatic rings. The van der Waals surface area contributed by atoms with Crippen LogP contribution in [0.1, 0.15) is 190 Å². The summed E-state index contributed by atoms with van der Waals surface area (Å²) in [7, 11) is 0. The molecule has 0 radical (unpaired) electrons. The van der Waals surface area contributed by atoms with Crippen molar-refractivity contribution in [1.82, 2.24) is 0 Å². The van der Waals surface area contributed by atoms with E-state index in [0.717, 1.165) is 5.92 Å². The van der Waals surface area contributed by atoms with Gasteiger partial charge in [-0.1, -0.05) is 164 Å². The van der Waals surface area contributed by atoms with Gasteiger partial charge >= 0.3 is 0 Å². The monoisotopic (exact) mass is 451 g/mol. The lowest BCUT2D eigenvalue weighted by Crippen LogP contribution is -2.38. The quantitative estimate of drug-likeness (QED) is 0.128. The van der Waals surface area contributed by atoms with Crippen molar-refractivity contribution in [2.75, 3.05) is 0 Å². The fourth-order valence-electron chi connectivity index (χ4n) is 6.02. The molecule has 0 saturated carbocycles. The van der Waals surface area contributed by atoms with Gasteiger partial charge in [0.2, 0.25) is 0 Å². The topological polar surface area (TPSA) is 0 Å². The summed E-state index contributed by atoms with van der Waals surface area (Å²) in [5.74, 6) is 0.901. The summed E-state index contributed by atoms with van der Waals surface area (Å²) in [4.78, 5) is 0. The van der Waals surface area contributed by atoms with Gasteiger partial charge in [-0.25, -0.2) is 0 Å². The van der Waals surface area contributed by atoms with Crippen molar-refractivity contribution in [3.63, 3.8) is 0 Å². The minimum absolute atomic E-state index is 0.525. The highest BCUT2D eigenvalue weighted by Crippen LogP contribution is 2.53. The zero-order valence-electron chi connectivity index (χ0n) is 24.1. The Morgan fingerprint density at radius 2 is 0.750 bits per heavy atom. The molecular formula is C32H66. The van der Waals surface area contributed by atoms with E-state index in [2.05, 4.69) is 48.5 Å². The molecule has 194 valence electrons. The molecule has 0 fully saturated rings. The SMILES string of the molecule is CCCCCCCCCC(C)(CCCCCCC)C(C)(CCCCC)CCC(C)CCC. The average Bonchev–Trinajstić information content (AvgIpc) is 2.77. The molecule has 0 spiro atoms. The van der Waals surface area contributed by atoms with E-state index in [-0.39, 0.29) is 0 Å². The van der Waals surface area contributed by atoms with Crippen molar-refractivity contribution < 1.29 is 0 Å². The molecule has 0 rings (SSSR count). The Kier molecular flexibility index (Phi) is 20.4. The van der Waals surface area contributed by atoms with Crippen LogP contribution in [0.2, 0.25) is 0 Å². The highest BCUT2D eigenvalue weighted by molar-refractivity contribution is 4.93. The summed E-state index contributed by atoms with van der Waals surface area (Å²) >= 11 is 0. The fourth-order valence-corrected chi connectivity index (χ4v) is 6.02. The van der Waals surface area contributed by atoms with Crippen LogP contribution in [0.25, 0.3) is 0 Å². The molecule has 3 unspecified atom stereocenters. The van der Waals surface area contributed by atoms with Gasteiger partial charge in [0.25, 0.3) is 0 Å². The lowest BCUT2D eigenvalue weighted by Gasteiger charge is -2.49. The number of rotatable bonds is 24. The third-order valence-electron chi connectivity index (χ3n) is 8.92. The molecule has 0 saturated heterocycles. The summed E-state index contributed by atoms with van der Waals surface area (Å²) in [5.41, 5.74) is 1.06. The Bertz CT molecular complexity index is 385. The van der Waals surface area contributed by atoms with E-state index >= 15 is 0 Å². The van der Waals surface area contributed by atoms with Crippen molar-refractivity contribution in [3.05, 3.63) is 0 Å². The Morgan fingerprint density at radius 3 is 1.19 bits per heavy atom. The van der Waals surface area contributed by atoms with E-state index < -0.39 is 0 Å². The van der Waals surface area contributed by atoms with Crippen molar-refractivity contribution in [2.45, 2.75) is 190 Å². The van der Waals surface area contributed by atoms with Crippen molar-refractivity contribution >= 4 is 0 Å². The predicted molar refractivity (Wildman–Crippen MR) is 150 cm³/mol. The third-order valence-corrected chi connectivity index (χ3v) is 8.92. The second kappa shape index (κ2) is 20.4. The first kappa shape index (κ1) is 32.0. The smallest absolute Gasteiger partial charge is 0.0272 e. The molecule has 0 N–H and O–H groups in total. The first-order valence-electron chi connectivity index (χ1n) is 15.4. The van der Waals surface area contributed by atoms with Crippen molar-refractivity contribution in [1.29, 1.82) is 0 Å². The fraction of sp³-hybridized carbons (Fsp3) is 1.00. The second-order valence-corrected chi connectivity index (χ2v) is 12.0. The molecule has 0 amide bonds. The van der Waals surface area contributed by atoms with Crippen LogP contribution in [0.4, 0.5) is 0 Å². The van der Waals surface area contributed by atoms with E-state index in [0.29, 0.717) is 10.8 Å². The molecule has 0 aliphatic carbocycles. The molecule has 0 aromatic heterocycles. The zero-order valence-corrected chi connectivity index (χ0v) is 24.1. The summed E-state index contributed by atoms with van der Waals surface area (Å²) in [6.07, 6.45) is 31.5. The predicted octanol–water partition coefficient (Wildman–Crippen LogP) is 12.3. The lowest BCUT2D eigenvalue weighted by atomic mass is 9.56. The maximum atomic E-state index is 2.72. The van der Waals surface area contributed by atoms with Crippen LogP contribution in [-0.4, -0.2) is 0 Å². The van der Waals surface area contributed by atoms with Gasteiger partial charge in [0.15, 0.2) is 0 Å². The van der Waals surface area contributed by atoms with E-state index in [1.165, 1.54) is 141 Å². The van der Waals surface area contributed by atoms with Gasteiger partial charge < -0.3 is 0 Å². The molecule has 0 heteroatoms. The molecule has 0 aliphatic heterocycles. The Morgan fingerprint density at radius 1 is 0.406 bits per heavy atom. The first-order chi connectivity index (χ1) is 15.4.